The Balaban J connectivity index is 2.62. The molecule has 0 aliphatic carbocycles. The zero-order valence-corrected chi connectivity index (χ0v) is 9.72. The zero-order chi connectivity index (χ0) is 13.5. The highest BCUT2D eigenvalue weighted by molar-refractivity contribution is 7.21. The van der Waals surface area contributed by atoms with Crippen LogP contribution < -0.4 is 0 Å². The lowest BCUT2D eigenvalue weighted by atomic mass is 10.2. The van der Waals surface area contributed by atoms with Gasteiger partial charge in [0.2, 0.25) is 0 Å². The largest absolute Gasteiger partial charge is 0.504 e. The highest BCUT2D eigenvalue weighted by Crippen LogP contribution is 2.38. The van der Waals surface area contributed by atoms with Gasteiger partial charge in [0.25, 0.3) is 0 Å². The molecule has 0 unspecified atom stereocenters. The summed E-state index contributed by atoms with van der Waals surface area (Å²) in [5.41, 5.74) is -0.985. The first-order valence-electron chi connectivity index (χ1n) is 4.61. The molecule has 2 rings (SSSR count). The number of aromatic hydroxyl groups is 1. The molecule has 0 amide bonds. The van der Waals surface area contributed by atoms with Crippen LogP contribution in [0.3, 0.4) is 0 Å². The van der Waals surface area contributed by atoms with E-state index in [9.17, 15) is 23.1 Å². The number of esters is 1. The number of pyridine rings is 1. The number of methoxy groups -OCH3 is 1. The molecule has 1 N–H and O–H groups in total. The summed E-state index contributed by atoms with van der Waals surface area (Å²) in [6.07, 6.45) is -3.91. The molecular formula is C10H6F3NO3S. The second-order valence-corrected chi connectivity index (χ2v) is 4.39. The number of carbonyl (C=O) groups excluding carboxylic acids is 1. The standard InChI is InChI=1S/C10H6F3NO3S/c1-17-9(16)8-7(15)6-5(18-8)2-4(3-14-6)10(11,12)13/h2-3,15H,1H3. The summed E-state index contributed by atoms with van der Waals surface area (Å²) in [6, 6.07) is 0.832. The van der Waals surface area contributed by atoms with Gasteiger partial charge in [-0.1, -0.05) is 0 Å². The topological polar surface area (TPSA) is 59.4 Å². The molecule has 18 heavy (non-hydrogen) atoms. The molecule has 0 bridgehead atoms. The number of alkyl halides is 3. The highest BCUT2D eigenvalue weighted by atomic mass is 32.1. The molecule has 0 aromatic carbocycles. The number of thiophene rings is 1. The quantitative estimate of drug-likeness (QED) is 0.814. The average molecular weight is 277 g/mol. The van der Waals surface area contributed by atoms with Crippen LogP contribution >= 0.6 is 11.3 Å². The lowest BCUT2D eigenvalue weighted by Crippen LogP contribution is -2.04. The van der Waals surface area contributed by atoms with E-state index in [1.165, 1.54) is 0 Å². The number of nitrogens with zero attached hydrogens (tertiary/aromatic N) is 1. The fourth-order valence-electron chi connectivity index (χ4n) is 1.35. The van der Waals surface area contributed by atoms with Gasteiger partial charge in [-0.15, -0.1) is 11.3 Å². The number of carbonyl (C=O) groups is 1. The van der Waals surface area contributed by atoms with Crippen molar-refractivity contribution in [3.63, 3.8) is 0 Å². The Hall–Kier alpha value is -1.83. The molecule has 0 saturated carbocycles. The molecule has 0 atom stereocenters. The number of hydrogen-bond donors (Lipinski definition) is 1. The summed E-state index contributed by atoms with van der Waals surface area (Å²) < 4.78 is 41.9. The van der Waals surface area contributed by atoms with Crippen LogP contribution in [0.15, 0.2) is 12.3 Å². The van der Waals surface area contributed by atoms with Crippen LogP contribution in [-0.2, 0) is 10.9 Å². The molecular weight excluding hydrogens is 271 g/mol. The van der Waals surface area contributed by atoms with Crippen LogP contribution in [0, 0.1) is 0 Å². The average Bonchev–Trinajstić information content (AvgIpc) is 2.64. The second-order valence-electron chi connectivity index (χ2n) is 3.34. The third-order valence-corrected chi connectivity index (χ3v) is 3.30. The van der Waals surface area contributed by atoms with Crippen molar-refractivity contribution in [3.8, 4) is 5.75 Å². The van der Waals surface area contributed by atoms with Gasteiger partial charge in [-0.2, -0.15) is 13.2 Å². The van der Waals surface area contributed by atoms with Gasteiger partial charge in [-0.25, -0.2) is 4.79 Å². The van der Waals surface area contributed by atoms with Gasteiger partial charge in [-0.3, -0.25) is 4.98 Å². The van der Waals surface area contributed by atoms with Gasteiger partial charge < -0.3 is 9.84 Å². The third kappa shape index (κ3) is 1.99. The first kappa shape index (κ1) is 12.6. The maximum absolute atomic E-state index is 12.5. The minimum Gasteiger partial charge on any atom is -0.504 e. The molecule has 0 aliphatic heterocycles. The fourth-order valence-corrected chi connectivity index (χ4v) is 2.36. The van der Waals surface area contributed by atoms with E-state index in [0.717, 1.165) is 13.2 Å². The van der Waals surface area contributed by atoms with E-state index in [4.69, 9.17) is 0 Å². The summed E-state index contributed by atoms with van der Waals surface area (Å²) in [6.45, 7) is 0. The molecule has 8 heteroatoms. The second kappa shape index (κ2) is 4.13. The van der Waals surface area contributed by atoms with Gasteiger partial charge in [0, 0.05) is 6.20 Å². The maximum atomic E-state index is 12.5. The van der Waals surface area contributed by atoms with E-state index in [1.54, 1.807) is 0 Å². The van der Waals surface area contributed by atoms with Crippen molar-refractivity contribution in [2.75, 3.05) is 7.11 Å². The lowest BCUT2D eigenvalue weighted by Gasteiger charge is -2.04. The Morgan fingerprint density at radius 2 is 2.17 bits per heavy atom. The summed E-state index contributed by atoms with van der Waals surface area (Å²) in [5, 5.41) is 9.65. The SMILES string of the molecule is COC(=O)c1sc2cc(C(F)(F)F)cnc2c1O. The summed E-state index contributed by atoms with van der Waals surface area (Å²) in [4.78, 5) is 14.6. The smallest absolute Gasteiger partial charge is 0.417 e. The van der Waals surface area contributed by atoms with Crippen molar-refractivity contribution < 1.29 is 27.8 Å². The monoisotopic (exact) mass is 277 g/mol. The van der Waals surface area contributed by atoms with Gasteiger partial charge in [0.15, 0.2) is 10.6 Å². The summed E-state index contributed by atoms with van der Waals surface area (Å²) in [7, 11) is 1.11. The van der Waals surface area contributed by atoms with Crippen LogP contribution in [-0.4, -0.2) is 23.2 Å². The molecule has 0 aliphatic rings. The first-order chi connectivity index (χ1) is 8.34. The first-order valence-corrected chi connectivity index (χ1v) is 5.43. The zero-order valence-electron chi connectivity index (χ0n) is 8.91. The fraction of sp³-hybridized carbons (Fsp3) is 0.200. The number of aromatic nitrogens is 1. The summed E-state index contributed by atoms with van der Waals surface area (Å²) in [5.74, 6) is -1.28. The van der Waals surface area contributed by atoms with E-state index in [0.29, 0.717) is 17.5 Å². The normalized spacial score (nSPS) is 11.8. The van der Waals surface area contributed by atoms with Crippen molar-refractivity contribution >= 4 is 27.5 Å². The predicted molar refractivity (Wildman–Crippen MR) is 57.6 cm³/mol. The van der Waals surface area contributed by atoms with Crippen LogP contribution in [0.1, 0.15) is 15.2 Å². The van der Waals surface area contributed by atoms with Gasteiger partial charge >= 0.3 is 12.1 Å². The van der Waals surface area contributed by atoms with E-state index in [-0.39, 0.29) is 15.1 Å². The Morgan fingerprint density at radius 1 is 1.50 bits per heavy atom. The minimum atomic E-state index is -4.52. The Morgan fingerprint density at radius 3 is 2.72 bits per heavy atom. The van der Waals surface area contributed by atoms with Crippen molar-refractivity contribution in [2.45, 2.75) is 6.18 Å². The van der Waals surface area contributed by atoms with E-state index < -0.39 is 23.5 Å². The van der Waals surface area contributed by atoms with Crippen LogP contribution in [0.2, 0.25) is 0 Å². The van der Waals surface area contributed by atoms with Gasteiger partial charge in [0.05, 0.1) is 17.4 Å². The molecule has 2 aromatic heterocycles. The Labute approximate surface area is 103 Å². The van der Waals surface area contributed by atoms with Gasteiger partial charge in [0.1, 0.15) is 5.52 Å². The van der Waals surface area contributed by atoms with Crippen LogP contribution in [0.25, 0.3) is 10.2 Å². The van der Waals surface area contributed by atoms with Crippen molar-refractivity contribution in [2.24, 2.45) is 0 Å². The van der Waals surface area contributed by atoms with Crippen LogP contribution in [0.4, 0.5) is 13.2 Å². The Bertz CT molecular complexity index is 621. The van der Waals surface area contributed by atoms with Crippen molar-refractivity contribution in [1.82, 2.24) is 4.98 Å². The molecule has 0 saturated heterocycles. The van der Waals surface area contributed by atoms with E-state index >= 15 is 0 Å². The molecule has 0 radical (unpaired) electrons. The number of rotatable bonds is 1. The number of halogens is 3. The van der Waals surface area contributed by atoms with Crippen molar-refractivity contribution in [3.05, 3.63) is 22.7 Å². The number of ether oxygens (including phenoxy) is 1. The molecule has 4 nitrogen and oxygen atoms in total. The van der Waals surface area contributed by atoms with Crippen molar-refractivity contribution in [1.29, 1.82) is 0 Å². The van der Waals surface area contributed by atoms with E-state index in [2.05, 4.69) is 9.72 Å². The third-order valence-electron chi connectivity index (χ3n) is 2.20. The van der Waals surface area contributed by atoms with Crippen LogP contribution in [0.5, 0.6) is 5.75 Å². The molecule has 0 spiro atoms. The lowest BCUT2D eigenvalue weighted by molar-refractivity contribution is -0.137. The van der Waals surface area contributed by atoms with E-state index in [1.807, 2.05) is 0 Å². The van der Waals surface area contributed by atoms with Gasteiger partial charge in [-0.05, 0) is 6.07 Å². The highest BCUT2D eigenvalue weighted by Gasteiger charge is 2.32. The molecule has 96 valence electrons. The number of hydrogen-bond acceptors (Lipinski definition) is 5. The molecule has 2 aromatic rings. The predicted octanol–water partition coefficient (Wildman–Crippen LogP) is 2.81. The Kier molecular flexibility index (Phi) is 2.89. The minimum absolute atomic E-state index is 0.0478. The molecule has 0 fully saturated rings. The molecule has 2 heterocycles. The maximum Gasteiger partial charge on any atom is 0.417 e. The summed E-state index contributed by atoms with van der Waals surface area (Å²) >= 11 is 0.700. The number of fused-ring (bicyclic) bond motifs is 1.